The third-order valence-corrected chi connectivity index (χ3v) is 1.85. The van der Waals surface area contributed by atoms with Gasteiger partial charge < -0.3 is 11.5 Å². The molecular formula is C9H16N4. The lowest BCUT2D eigenvalue weighted by Crippen LogP contribution is -2.14. The van der Waals surface area contributed by atoms with E-state index in [2.05, 4.69) is 9.97 Å². The molecule has 0 bridgehead atoms. The van der Waals surface area contributed by atoms with Crippen molar-refractivity contribution < 1.29 is 0 Å². The first-order chi connectivity index (χ1) is 6.18. The van der Waals surface area contributed by atoms with Crippen LogP contribution in [0, 0.1) is 0 Å². The van der Waals surface area contributed by atoms with Gasteiger partial charge in [-0.2, -0.15) is 0 Å². The minimum Gasteiger partial charge on any atom is -0.368 e. The lowest BCUT2D eigenvalue weighted by atomic mass is 10.1. The molecule has 0 saturated heterocycles. The maximum Gasteiger partial charge on any atom is 0.219 e. The van der Waals surface area contributed by atoms with Crippen LogP contribution in [0.3, 0.4) is 0 Å². The molecular weight excluding hydrogens is 164 g/mol. The fourth-order valence-corrected chi connectivity index (χ4v) is 1.12. The van der Waals surface area contributed by atoms with Crippen molar-refractivity contribution in [1.29, 1.82) is 0 Å². The molecule has 13 heavy (non-hydrogen) atoms. The van der Waals surface area contributed by atoms with Crippen LogP contribution in [0.4, 0.5) is 5.95 Å². The lowest BCUT2D eigenvalue weighted by Gasteiger charge is -2.03. The maximum atomic E-state index is 5.63. The van der Waals surface area contributed by atoms with E-state index in [4.69, 9.17) is 11.5 Å². The van der Waals surface area contributed by atoms with Crippen molar-refractivity contribution in [3.8, 4) is 0 Å². The zero-order valence-electron chi connectivity index (χ0n) is 7.90. The monoisotopic (exact) mass is 180 g/mol. The van der Waals surface area contributed by atoms with E-state index in [9.17, 15) is 0 Å². The summed E-state index contributed by atoms with van der Waals surface area (Å²) in [4.78, 5) is 7.82. The number of aryl methyl sites for hydroxylation is 1. The van der Waals surface area contributed by atoms with Crippen LogP contribution in [-0.4, -0.2) is 16.0 Å². The van der Waals surface area contributed by atoms with Crippen LogP contribution in [0.5, 0.6) is 0 Å². The second kappa shape index (κ2) is 4.77. The first-order valence-electron chi connectivity index (χ1n) is 4.50. The second-order valence-corrected chi connectivity index (χ2v) is 3.32. The van der Waals surface area contributed by atoms with Gasteiger partial charge in [-0.05, 0) is 31.7 Å². The molecule has 0 aliphatic carbocycles. The number of anilines is 1. The molecule has 72 valence electrons. The molecule has 0 spiro atoms. The molecule has 1 aromatic rings. The number of hydrogen-bond acceptors (Lipinski definition) is 4. The Kier molecular flexibility index (Phi) is 3.64. The van der Waals surface area contributed by atoms with Gasteiger partial charge in [0.2, 0.25) is 5.95 Å². The van der Waals surface area contributed by atoms with Crippen LogP contribution >= 0.6 is 0 Å². The Morgan fingerprint density at radius 1 is 1.38 bits per heavy atom. The van der Waals surface area contributed by atoms with Gasteiger partial charge in [0.25, 0.3) is 0 Å². The Balaban J connectivity index is 2.33. The Morgan fingerprint density at radius 2 is 2.00 bits per heavy atom. The topological polar surface area (TPSA) is 77.8 Å². The van der Waals surface area contributed by atoms with Crippen LogP contribution in [0.25, 0.3) is 0 Å². The fraction of sp³-hybridized carbons (Fsp3) is 0.556. The van der Waals surface area contributed by atoms with Gasteiger partial charge in [-0.1, -0.05) is 0 Å². The highest BCUT2D eigenvalue weighted by Crippen LogP contribution is 2.04. The molecule has 0 aliphatic heterocycles. The van der Waals surface area contributed by atoms with E-state index < -0.39 is 0 Å². The van der Waals surface area contributed by atoms with Crippen LogP contribution in [0.1, 0.15) is 25.3 Å². The van der Waals surface area contributed by atoms with Crippen molar-refractivity contribution in [2.24, 2.45) is 5.73 Å². The van der Waals surface area contributed by atoms with Crippen molar-refractivity contribution >= 4 is 5.95 Å². The minimum atomic E-state index is 0.273. The number of aromatic nitrogens is 2. The molecule has 1 rings (SSSR count). The quantitative estimate of drug-likeness (QED) is 0.716. The van der Waals surface area contributed by atoms with Gasteiger partial charge in [-0.3, -0.25) is 0 Å². The largest absolute Gasteiger partial charge is 0.368 e. The summed E-state index contributed by atoms with van der Waals surface area (Å²) in [5.41, 5.74) is 12.1. The predicted octanol–water partition coefficient (Wildman–Crippen LogP) is 0.729. The third-order valence-electron chi connectivity index (χ3n) is 1.85. The van der Waals surface area contributed by atoms with Crippen LogP contribution in [0.2, 0.25) is 0 Å². The van der Waals surface area contributed by atoms with Gasteiger partial charge in [-0.25, -0.2) is 9.97 Å². The third kappa shape index (κ3) is 3.85. The van der Waals surface area contributed by atoms with E-state index in [1.54, 1.807) is 12.4 Å². The van der Waals surface area contributed by atoms with Gasteiger partial charge >= 0.3 is 0 Å². The van der Waals surface area contributed by atoms with Gasteiger partial charge in [0, 0.05) is 18.4 Å². The van der Waals surface area contributed by atoms with E-state index in [-0.39, 0.29) is 6.04 Å². The molecule has 4 heteroatoms. The molecule has 1 atom stereocenters. The van der Waals surface area contributed by atoms with Crippen LogP contribution in [0.15, 0.2) is 12.4 Å². The van der Waals surface area contributed by atoms with Crippen LogP contribution < -0.4 is 11.5 Å². The molecule has 0 amide bonds. The van der Waals surface area contributed by atoms with Crippen molar-refractivity contribution in [3.63, 3.8) is 0 Å². The van der Waals surface area contributed by atoms with E-state index >= 15 is 0 Å². The number of hydrogen-bond donors (Lipinski definition) is 2. The zero-order chi connectivity index (χ0) is 9.68. The van der Waals surface area contributed by atoms with Crippen molar-refractivity contribution in [2.75, 3.05) is 5.73 Å². The number of nitrogens with zero attached hydrogens (tertiary/aromatic N) is 2. The molecule has 1 aromatic heterocycles. The molecule has 0 aliphatic rings. The Morgan fingerprint density at radius 3 is 2.54 bits per heavy atom. The Hall–Kier alpha value is -1.16. The summed E-state index contributed by atoms with van der Waals surface area (Å²) < 4.78 is 0. The zero-order valence-corrected chi connectivity index (χ0v) is 7.90. The van der Waals surface area contributed by atoms with Gasteiger partial charge in [0.15, 0.2) is 0 Å². The van der Waals surface area contributed by atoms with Gasteiger partial charge in [-0.15, -0.1) is 0 Å². The fourth-order valence-electron chi connectivity index (χ4n) is 1.12. The first-order valence-corrected chi connectivity index (χ1v) is 4.50. The molecule has 4 nitrogen and oxygen atoms in total. The summed E-state index contributed by atoms with van der Waals surface area (Å²) in [6.45, 7) is 2.01. The van der Waals surface area contributed by atoms with E-state index in [1.165, 1.54) is 0 Å². The molecule has 0 radical (unpaired) electrons. The second-order valence-electron chi connectivity index (χ2n) is 3.32. The van der Waals surface area contributed by atoms with Gasteiger partial charge in [0.05, 0.1) is 0 Å². The first kappa shape index (κ1) is 9.92. The highest BCUT2D eigenvalue weighted by Gasteiger charge is 1.97. The van der Waals surface area contributed by atoms with Crippen molar-refractivity contribution in [3.05, 3.63) is 18.0 Å². The summed E-state index contributed by atoms with van der Waals surface area (Å²) in [6, 6.07) is 0.273. The van der Waals surface area contributed by atoms with E-state index in [1.807, 2.05) is 6.92 Å². The highest BCUT2D eigenvalue weighted by atomic mass is 15.0. The summed E-state index contributed by atoms with van der Waals surface area (Å²) >= 11 is 0. The highest BCUT2D eigenvalue weighted by molar-refractivity contribution is 5.17. The molecule has 4 N–H and O–H groups in total. The Bertz CT molecular complexity index is 242. The summed E-state index contributed by atoms with van der Waals surface area (Å²) in [5.74, 6) is 0.330. The standard InChI is InChI=1S/C9H16N4/c1-7(10)3-2-4-8-5-12-9(11)13-6-8/h5-7H,2-4,10H2,1H3,(H2,11,12,13)/t7-/m0/s1. The SMILES string of the molecule is C[C@H](N)CCCc1cnc(N)nc1. The maximum absolute atomic E-state index is 5.63. The van der Waals surface area contributed by atoms with Crippen molar-refractivity contribution in [1.82, 2.24) is 9.97 Å². The smallest absolute Gasteiger partial charge is 0.219 e. The molecule has 0 saturated carbocycles. The van der Waals surface area contributed by atoms with Crippen molar-refractivity contribution in [2.45, 2.75) is 32.2 Å². The molecule has 0 unspecified atom stereocenters. The summed E-state index contributed by atoms with van der Waals surface area (Å²) in [6.07, 6.45) is 6.62. The normalized spacial score (nSPS) is 12.8. The van der Waals surface area contributed by atoms with Crippen LogP contribution in [-0.2, 0) is 6.42 Å². The average molecular weight is 180 g/mol. The Labute approximate surface area is 78.4 Å². The number of rotatable bonds is 4. The average Bonchev–Trinajstić information content (AvgIpc) is 2.08. The number of nitrogen functional groups attached to an aromatic ring is 1. The predicted molar refractivity (Wildman–Crippen MR) is 53.0 cm³/mol. The molecule has 0 aromatic carbocycles. The van der Waals surface area contributed by atoms with E-state index in [0.29, 0.717) is 5.95 Å². The number of nitrogens with two attached hydrogens (primary N) is 2. The lowest BCUT2D eigenvalue weighted by molar-refractivity contribution is 0.623. The van der Waals surface area contributed by atoms with Gasteiger partial charge in [0.1, 0.15) is 0 Å². The summed E-state index contributed by atoms with van der Waals surface area (Å²) in [7, 11) is 0. The molecule has 1 heterocycles. The molecule has 0 fully saturated rings. The van der Waals surface area contributed by atoms with E-state index in [0.717, 1.165) is 24.8 Å². The minimum absolute atomic E-state index is 0.273. The summed E-state index contributed by atoms with van der Waals surface area (Å²) in [5, 5.41) is 0.